The van der Waals surface area contributed by atoms with Crippen molar-refractivity contribution < 1.29 is 14.3 Å². The Morgan fingerprint density at radius 2 is 2.45 bits per heavy atom. The Kier molecular flexibility index (Phi) is 1.68. The molecule has 1 aromatic rings. The molecule has 1 fully saturated rings. The molecule has 0 aliphatic carbocycles. The minimum absolute atomic E-state index is 0.236. The topological polar surface area (TPSA) is 42.6 Å². The van der Waals surface area contributed by atoms with Crippen LogP contribution in [0.4, 0.5) is 0 Å². The molecule has 3 nitrogen and oxygen atoms in total. The van der Waals surface area contributed by atoms with E-state index in [2.05, 4.69) is 0 Å². The van der Waals surface area contributed by atoms with Gasteiger partial charge in [-0.05, 0) is 12.1 Å². The number of hydrogen-bond donors (Lipinski definition) is 1. The summed E-state index contributed by atoms with van der Waals surface area (Å²) in [5, 5.41) is 9.03. The lowest BCUT2D eigenvalue weighted by molar-refractivity contribution is -0.0590. The van der Waals surface area contributed by atoms with Gasteiger partial charge in [-0.1, -0.05) is 0 Å². The molecule has 2 rings (SSSR count). The van der Waals surface area contributed by atoms with E-state index in [-0.39, 0.29) is 5.92 Å². The first-order valence-corrected chi connectivity index (χ1v) is 3.69. The van der Waals surface area contributed by atoms with Crippen molar-refractivity contribution in [3.05, 3.63) is 24.2 Å². The zero-order valence-electron chi connectivity index (χ0n) is 6.06. The predicted octanol–water partition coefficient (Wildman–Crippen LogP) is 1.10. The van der Waals surface area contributed by atoms with Crippen LogP contribution in [0.25, 0.3) is 0 Å². The minimum Gasteiger partial charge on any atom is -0.469 e. The highest BCUT2D eigenvalue weighted by molar-refractivity contribution is 5.06. The highest BCUT2D eigenvalue weighted by atomic mass is 16.6. The zero-order valence-corrected chi connectivity index (χ0v) is 6.06. The first kappa shape index (κ1) is 6.88. The summed E-state index contributed by atoms with van der Waals surface area (Å²) in [6.07, 6.45) is 1.68. The van der Waals surface area contributed by atoms with Crippen LogP contribution in [-0.2, 0) is 4.74 Å². The maximum atomic E-state index is 9.03. The molecule has 1 saturated heterocycles. The third-order valence-electron chi connectivity index (χ3n) is 1.92. The summed E-state index contributed by atoms with van der Waals surface area (Å²) in [6, 6.07) is 3.76. The fourth-order valence-corrected chi connectivity index (χ4v) is 1.33. The number of ether oxygens (including phenoxy) is 1. The molecule has 11 heavy (non-hydrogen) atoms. The Morgan fingerprint density at radius 1 is 1.55 bits per heavy atom. The van der Waals surface area contributed by atoms with Gasteiger partial charge in [-0.3, -0.25) is 0 Å². The van der Waals surface area contributed by atoms with Gasteiger partial charge in [0, 0.05) is 12.3 Å². The van der Waals surface area contributed by atoms with Crippen molar-refractivity contribution in [1.29, 1.82) is 0 Å². The van der Waals surface area contributed by atoms with Gasteiger partial charge in [-0.25, -0.2) is 0 Å². The first-order valence-electron chi connectivity index (χ1n) is 3.69. The van der Waals surface area contributed by atoms with Crippen LogP contribution >= 0.6 is 0 Å². The van der Waals surface area contributed by atoms with Crippen LogP contribution in [0.2, 0.25) is 0 Å². The van der Waals surface area contributed by atoms with Crippen molar-refractivity contribution in [1.82, 2.24) is 0 Å². The summed E-state index contributed by atoms with van der Waals surface area (Å²) in [5.74, 6) is 1.14. The van der Waals surface area contributed by atoms with Crippen LogP contribution in [-0.4, -0.2) is 18.0 Å². The Balaban J connectivity index is 2.08. The summed E-state index contributed by atoms with van der Waals surface area (Å²) < 4.78 is 10.2. The molecule has 0 saturated carbocycles. The average molecular weight is 154 g/mol. The SMILES string of the molecule is OC1CC(c2ccco2)CO1. The van der Waals surface area contributed by atoms with E-state index in [1.54, 1.807) is 6.26 Å². The van der Waals surface area contributed by atoms with E-state index < -0.39 is 6.29 Å². The molecule has 2 heterocycles. The number of rotatable bonds is 1. The van der Waals surface area contributed by atoms with Gasteiger partial charge in [0.2, 0.25) is 0 Å². The van der Waals surface area contributed by atoms with Crippen molar-refractivity contribution >= 4 is 0 Å². The Morgan fingerprint density at radius 3 is 3.00 bits per heavy atom. The van der Waals surface area contributed by atoms with Gasteiger partial charge in [-0.15, -0.1) is 0 Å². The molecule has 1 aliphatic rings. The molecule has 1 N–H and O–H groups in total. The van der Waals surface area contributed by atoms with E-state index in [1.165, 1.54) is 0 Å². The molecular formula is C8H10O3. The summed E-state index contributed by atoms with van der Waals surface area (Å²) in [6.45, 7) is 0.564. The third kappa shape index (κ3) is 1.29. The van der Waals surface area contributed by atoms with Crippen molar-refractivity contribution in [3.63, 3.8) is 0 Å². The number of aliphatic hydroxyl groups excluding tert-OH is 1. The lowest BCUT2D eigenvalue weighted by Gasteiger charge is -2.00. The smallest absolute Gasteiger partial charge is 0.155 e. The quantitative estimate of drug-likeness (QED) is 0.658. The van der Waals surface area contributed by atoms with E-state index >= 15 is 0 Å². The lowest BCUT2D eigenvalue weighted by atomic mass is 10.1. The monoisotopic (exact) mass is 154 g/mol. The maximum absolute atomic E-state index is 9.03. The first-order chi connectivity index (χ1) is 5.36. The van der Waals surface area contributed by atoms with E-state index in [1.807, 2.05) is 12.1 Å². The Hall–Kier alpha value is -0.800. The predicted molar refractivity (Wildman–Crippen MR) is 38.0 cm³/mol. The second-order valence-corrected chi connectivity index (χ2v) is 2.74. The molecule has 2 atom stereocenters. The molecule has 0 bridgehead atoms. The highest BCUT2D eigenvalue weighted by Gasteiger charge is 2.26. The van der Waals surface area contributed by atoms with Gasteiger partial charge in [0.05, 0.1) is 12.9 Å². The normalized spacial score (nSPS) is 31.0. The van der Waals surface area contributed by atoms with Gasteiger partial charge in [0.15, 0.2) is 6.29 Å². The molecule has 1 aliphatic heterocycles. The molecule has 0 amide bonds. The molecular weight excluding hydrogens is 144 g/mol. The van der Waals surface area contributed by atoms with Gasteiger partial charge < -0.3 is 14.3 Å². The fourth-order valence-electron chi connectivity index (χ4n) is 1.33. The molecule has 0 radical (unpaired) electrons. The van der Waals surface area contributed by atoms with E-state index in [0.29, 0.717) is 13.0 Å². The second-order valence-electron chi connectivity index (χ2n) is 2.74. The molecule has 3 heteroatoms. The lowest BCUT2D eigenvalue weighted by Crippen LogP contribution is -2.00. The van der Waals surface area contributed by atoms with Crippen LogP contribution in [0.5, 0.6) is 0 Å². The van der Waals surface area contributed by atoms with Crippen LogP contribution in [0.3, 0.4) is 0 Å². The number of hydrogen-bond acceptors (Lipinski definition) is 3. The molecule has 0 spiro atoms. The van der Waals surface area contributed by atoms with Gasteiger partial charge in [0.25, 0.3) is 0 Å². The average Bonchev–Trinajstić information content (AvgIpc) is 2.55. The van der Waals surface area contributed by atoms with Crippen LogP contribution in [0.1, 0.15) is 18.1 Å². The number of furan rings is 1. The van der Waals surface area contributed by atoms with Crippen molar-refractivity contribution in [2.45, 2.75) is 18.6 Å². The van der Waals surface area contributed by atoms with Gasteiger partial charge in [0.1, 0.15) is 5.76 Å². The summed E-state index contributed by atoms with van der Waals surface area (Å²) in [4.78, 5) is 0. The number of aliphatic hydroxyl groups is 1. The van der Waals surface area contributed by atoms with E-state index in [4.69, 9.17) is 14.3 Å². The summed E-state index contributed by atoms with van der Waals surface area (Å²) in [5.41, 5.74) is 0. The van der Waals surface area contributed by atoms with Gasteiger partial charge in [-0.2, -0.15) is 0 Å². The largest absolute Gasteiger partial charge is 0.469 e. The third-order valence-corrected chi connectivity index (χ3v) is 1.92. The Bertz CT molecular complexity index is 217. The van der Waals surface area contributed by atoms with Crippen LogP contribution in [0.15, 0.2) is 22.8 Å². The summed E-state index contributed by atoms with van der Waals surface area (Å²) >= 11 is 0. The van der Waals surface area contributed by atoms with Crippen LogP contribution in [0, 0.1) is 0 Å². The molecule has 60 valence electrons. The van der Waals surface area contributed by atoms with Crippen molar-refractivity contribution in [2.75, 3.05) is 6.61 Å². The second kappa shape index (κ2) is 2.68. The maximum Gasteiger partial charge on any atom is 0.155 e. The van der Waals surface area contributed by atoms with E-state index in [9.17, 15) is 0 Å². The highest BCUT2D eigenvalue weighted by Crippen LogP contribution is 2.28. The minimum atomic E-state index is -0.606. The van der Waals surface area contributed by atoms with E-state index in [0.717, 1.165) is 5.76 Å². The fraction of sp³-hybridized carbons (Fsp3) is 0.500. The Labute approximate surface area is 64.6 Å². The zero-order chi connectivity index (χ0) is 7.68. The molecule has 2 unspecified atom stereocenters. The molecule has 0 aromatic carbocycles. The standard InChI is InChI=1S/C8H10O3/c9-8-4-6(5-11-8)7-2-1-3-10-7/h1-3,6,8-9H,4-5H2. The molecule has 1 aromatic heterocycles. The van der Waals surface area contributed by atoms with Crippen LogP contribution < -0.4 is 0 Å². The van der Waals surface area contributed by atoms with Crippen molar-refractivity contribution in [3.8, 4) is 0 Å². The van der Waals surface area contributed by atoms with Crippen molar-refractivity contribution in [2.24, 2.45) is 0 Å². The summed E-state index contributed by atoms with van der Waals surface area (Å²) in [7, 11) is 0. The van der Waals surface area contributed by atoms with Gasteiger partial charge >= 0.3 is 0 Å².